The standard InChI is InChI=1S/C23H25N5O3S2/c1-13-7-2-5-10-15(13)28(23(31)20-17(24)18(21(25)29)27-33-20)19(16-11-6-12-32-16)22(30)26-14-8-3-4-9-14/h2,5-7,10-12,14,19H,3-4,8-9,24H2,1H3,(H2,25,29)(H,26,30)/t19-/m1/s1. The number of thiophene rings is 1. The first kappa shape index (κ1) is 22.9. The minimum absolute atomic E-state index is 0.0716. The molecule has 4 rings (SSSR count). The minimum atomic E-state index is -0.905. The smallest absolute Gasteiger partial charge is 0.273 e. The largest absolute Gasteiger partial charge is 0.395 e. The Bertz CT molecular complexity index is 1170. The number of hydrogen-bond acceptors (Lipinski definition) is 7. The lowest BCUT2D eigenvalue weighted by atomic mass is 10.1. The third kappa shape index (κ3) is 4.62. The maximum atomic E-state index is 13.9. The fourth-order valence-electron chi connectivity index (χ4n) is 4.11. The summed E-state index contributed by atoms with van der Waals surface area (Å²) in [4.78, 5) is 41.5. The second kappa shape index (κ2) is 9.72. The molecule has 3 aromatic rings. The number of hydrogen-bond donors (Lipinski definition) is 3. The molecule has 0 unspecified atom stereocenters. The second-order valence-electron chi connectivity index (χ2n) is 8.01. The molecule has 1 atom stereocenters. The van der Waals surface area contributed by atoms with Crippen LogP contribution < -0.4 is 21.7 Å². The van der Waals surface area contributed by atoms with Crippen LogP contribution in [0.4, 0.5) is 11.4 Å². The van der Waals surface area contributed by atoms with E-state index in [0.29, 0.717) is 5.69 Å². The summed E-state index contributed by atoms with van der Waals surface area (Å²) in [6.07, 6.45) is 3.99. The summed E-state index contributed by atoms with van der Waals surface area (Å²) in [5.41, 5.74) is 12.6. The molecular weight excluding hydrogens is 458 g/mol. The van der Waals surface area contributed by atoms with Gasteiger partial charge in [0.25, 0.3) is 11.8 Å². The van der Waals surface area contributed by atoms with E-state index in [2.05, 4.69) is 9.69 Å². The van der Waals surface area contributed by atoms with E-state index in [1.165, 1.54) is 16.2 Å². The third-order valence-electron chi connectivity index (χ3n) is 5.77. The van der Waals surface area contributed by atoms with Gasteiger partial charge in [-0.1, -0.05) is 37.1 Å². The average molecular weight is 484 g/mol. The number of nitrogen functional groups attached to an aromatic ring is 1. The minimum Gasteiger partial charge on any atom is -0.395 e. The summed E-state index contributed by atoms with van der Waals surface area (Å²) in [6.45, 7) is 1.88. The zero-order chi connectivity index (χ0) is 23.5. The number of amides is 3. The number of rotatable bonds is 7. The molecule has 2 heterocycles. The van der Waals surface area contributed by atoms with Crippen LogP contribution in [0, 0.1) is 6.92 Å². The monoisotopic (exact) mass is 483 g/mol. The van der Waals surface area contributed by atoms with Gasteiger partial charge in [-0.25, -0.2) is 0 Å². The molecule has 2 aromatic heterocycles. The zero-order valence-electron chi connectivity index (χ0n) is 18.1. The number of carbonyl (C=O) groups is 3. The van der Waals surface area contributed by atoms with Crippen LogP contribution in [0.15, 0.2) is 41.8 Å². The van der Waals surface area contributed by atoms with Crippen LogP contribution in [0.25, 0.3) is 0 Å². The summed E-state index contributed by atoms with van der Waals surface area (Å²) in [6, 6.07) is 10.2. The van der Waals surface area contributed by atoms with Crippen LogP contribution in [0.5, 0.6) is 0 Å². The van der Waals surface area contributed by atoms with Crippen molar-refractivity contribution in [3.63, 3.8) is 0 Å². The van der Waals surface area contributed by atoms with Crippen molar-refractivity contribution in [2.24, 2.45) is 5.73 Å². The zero-order valence-corrected chi connectivity index (χ0v) is 19.7. The van der Waals surface area contributed by atoms with Crippen LogP contribution in [-0.2, 0) is 4.79 Å². The summed E-state index contributed by atoms with van der Waals surface area (Å²) in [5, 5.41) is 5.01. The van der Waals surface area contributed by atoms with Gasteiger partial charge in [0.05, 0.1) is 5.69 Å². The van der Waals surface area contributed by atoms with Crippen LogP contribution in [-0.4, -0.2) is 28.1 Å². The summed E-state index contributed by atoms with van der Waals surface area (Å²) < 4.78 is 3.98. The quantitative estimate of drug-likeness (QED) is 0.472. The number of anilines is 2. The van der Waals surface area contributed by atoms with Gasteiger partial charge in [-0.2, -0.15) is 4.37 Å². The fraction of sp³-hybridized carbons (Fsp3) is 0.304. The van der Waals surface area contributed by atoms with Crippen LogP contribution in [0.3, 0.4) is 0 Å². The van der Waals surface area contributed by atoms with Crippen molar-refractivity contribution in [3.05, 3.63) is 62.8 Å². The lowest BCUT2D eigenvalue weighted by Crippen LogP contribution is -2.46. The number of para-hydroxylation sites is 1. The Kier molecular flexibility index (Phi) is 6.75. The van der Waals surface area contributed by atoms with Gasteiger partial charge in [-0.05, 0) is 54.4 Å². The third-order valence-corrected chi connectivity index (χ3v) is 7.55. The lowest BCUT2D eigenvalue weighted by Gasteiger charge is -2.32. The second-order valence-corrected chi connectivity index (χ2v) is 9.76. The molecule has 1 saturated carbocycles. The first-order chi connectivity index (χ1) is 15.9. The molecule has 0 radical (unpaired) electrons. The number of primary amides is 1. The number of aromatic nitrogens is 1. The molecule has 1 aromatic carbocycles. The van der Waals surface area contributed by atoms with Gasteiger partial charge in [0.1, 0.15) is 4.88 Å². The maximum Gasteiger partial charge on any atom is 0.273 e. The molecule has 8 nitrogen and oxygen atoms in total. The van der Waals surface area contributed by atoms with E-state index in [0.717, 1.165) is 47.7 Å². The Morgan fingerprint density at radius 2 is 1.88 bits per heavy atom. The number of aryl methyl sites for hydroxylation is 1. The molecule has 0 bridgehead atoms. The lowest BCUT2D eigenvalue weighted by molar-refractivity contribution is -0.123. The normalized spacial score (nSPS) is 14.7. The molecule has 5 N–H and O–H groups in total. The van der Waals surface area contributed by atoms with Gasteiger partial charge in [0.2, 0.25) is 5.91 Å². The van der Waals surface area contributed by atoms with Crippen molar-refractivity contribution in [3.8, 4) is 0 Å². The number of carbonyl (C=O) groups excluding carboxylic acids is 3. The Morgan fingerprint density at radius 3 is 2.48 bits per heavy atom. The van der Waals surface area contributed by atoms with Crippen molar-refractivity contribution in [1.29, 1.82) is 0 Å². The Morgan fingerprint density at radius 1 is 1.15 bits per heavy atom. The van der Waals surface area contributed by atoms with Crippen molar-refractivity contribution in [1.82, 2.24) is 9.69 Å². The fourth-order valence-corrected chi connectivity index (χ4v) is 5.66. The Balaban J connectivity index is 1.83. The van der Waals surface area contributed by atoms with Crippen molar-refractivity contribution in [2.75, 3.05) is 10.6 Å². The summed E-state index contributed by atoms with van der Waals surface area (Å²) in [7, 11) is 0. The van der Waals surface area contributed by atoms with E-state index in [1.54, 1.807) is 6.07 Å². The highest BCUT2D eigenvalue weighted by Gasteiger charge is 2.38. The molecule has 0 aliphatic heterocycles. The molecule has 1 aliphatic rings. The number of nitrogens with one attached hydrogen (secondary N) is 1. The highest BCUT2D eigenvalue weighted by Crippen LogP contribution is 2.36. The first-order valence-electron chi connectivity index (χ1n) is 10.7. The molecule has 172 valence electrons. The van der Waals surface area contributed by atoms with Gasteiger partial charge >= 0.3 is 0 Å². The van der Waals surface area contributed by atoms with E-state index in [1.807, 2.05) is 42.6 Å². The van der Waals surface area contributed by atoms with Crippen LogP contribution >= 0.6 is 22.9 Å². The van der Waals surface area contributed by atoms with Gasteiger partial charge in [0, 0.05) is 16.6 Å². The average Bonchev–Trinajstić information content (AvgIpc) is 3.54. The van der Waals surface area contributed by atoms with E-state index >= 15 is 0 Å². The van der Waals surface area contributed by atoms with Crippen LogP contribution in [0.2, 0.25) is 0 Å². The van der Waals surface area contributed by atoms with Crippen LogP contribution in [0.1, 0.15) is 62.3 Å². The predicted octanol–water partition coefficient (Wildman–Crippen LogP) is 3.64. The molecule has 3 amide bonds. The SMILES string of the molecule is Cc1ccccc1N(C(=O)c1snc(C(N)=O)c1N)[C@@H](C(=O)NC1CCCC1)c1cccs1. The number of benzene rings is 1. The summed E-state index contributed by atoms with van der Waals surface area (Å²) >= 11 is 2.21. The highest BCUT2D eigenvalue weighted by atomic mass is 32.1. The van der Waals surface area contributed by atoms with E-state index < -0.39 is 17.9 Å². The Hall–Kier alpha value is -3.24. The molecule has 10 heteroatoms. The number of nitrogens with zero attached hydrogens (tertiary/aromatic N) is 2. The van der Waals surface area contributed by atoms with E-state index in [4.69, 9.17) is 11.5 Å². The highest BCUT2D eigenvalue weighted by molar-refractivity contribution is 7.10. The van der Waals surface area contributed by atoms with Crippen molar-refractivity contribution >= 4 is 52.0 Å². The van der Waals surface area contributed by atoms with Crippen molar-refractivity contribution < 1.29 is 14.4 Å². The molecule has 1 aliphatic carbocycles. The predicted molar refractivity (Wildman–Crippen MR) is 130 cm³/mol. The van der Waals surface area contributed by atoms with Gasteiger partial charge < -0.3 is 16.8 Å². The van der Waals surface area contributed by atoms with E-state index in [-0.39, 0.29) is 28.2 Å². The topological polar surface area (TPSA) is 131 Å². The molecular formula is C23H25N5O3S2. The first-order valence-corrected chi connectivity index (χ1v) is 12.3. The molecule has 0 saturated heterocycles. The summed E-state index contributed by atoms with van der Waals surface area (Å²) in [5.74, 6) is -1.56. The van der Waals surface area contributed by atoms with Gasteiger partial charge in [-0.15, -0.1) is 11.3 Å². The van der Waals surface area contributed by atoms with Crippen molar-refractivity contribution in [2.45, 2.75) is 44.7 Å². The molecule has 1 fully saturated rings. The molecule has 0 spiro atoms. The van der Waals surface area contributed by atoms with E-state index in [9.17, 15) is 14.4 Å². The Labute approximate surface area is 199 Å². The van der Waals surface area contributed by atoms with Gasteiger partial charge in [0.15, 0.2) is 11.7 Å². The van der Waals surface area contributed by atoms with Gasteiger partial charge in [-0.3, -0.25) is 19.3 Å². The number of nitrogens with two attached hydrogens (primary N) is 2. The molecule has 33 heavy (non-hydrogen) atoms. The maximum absolute atomic E-state index is 13.9.